The molecule has 2 aromatic carbocycles. The van der Waals surface area contributed by atoms with Crippen LogP contribution in [0.4, 0.5) is 5.69 Å². The van der Waals surface area contributed by atoms with E-state index in [9.17, 15) is 18.0 Å². The highest BCUT2D eigenvalue weighted by Crippen LogP contribution is 2.30. The first-order valence-electron chi connectivity index (χ1n) is 10.2. The van der Waals surface area contributed by atoms with Crippen molar-refractivity contribution in [2.24, 2.45) is 0 Å². The summed E-state index contributed by atoms with van der Waals surface area (Å²) in [4.78, 5) is 26.9. The van der Waals surface area contributed by atoms with Crippen LogP contribution in [-0.2, 0) is 24.4 Å². The van der Waals surface area contributed by atoms with Crippen molar-refractivity contribution in [2.75, 3.05) is 18.5 Å². The van der Waals surface area contributed by atoms with E-state index in [0.717, 1.165) is 0 Å². The monoisotopic (exact) mass is 492 g/mol. The molecule has 10 heteroatoms. The number of hydrogen-bond donors (Lipinski definition) is 1. The number of nitrogens with one attached hydrogen (secondary N) is 1. The minimum absolute atomic E-state index is 0.0531. The molecule has 33 heavy (non-hydrogen) atoms. The van der Waals surface area contributed by atoms with E-state index in [1.165, 1.54) is 24.3 Å². The van der Waals surface area contributed by atoms with Crippen molar-refractivity contribution in [1.29, 1.82) is 0 Å². The van der Waals surface area contributed by atoms with Crippen LogP contribution in [0.5, 0.6) is 5.75 Å². The summed E-state index contributed by atoms with van der Waals surface area (Å²) >= 11 is 5.97. The van der Waals surface area contributed by atoms with E-state index >= 15 is 0 Å². The van der Waals surface area contributed by atoms with Gasteiger partial charge in [0.05, 0.1) is 23.7 Å². The molecule has 0 fully saturated rings. The van der Waals surface area contributed by atoms with Crippen LogP contribution in [0, 0.1) is 0 Å². The fraction of sp³-hybridized carbons (Fsp3) is 0.304. The molecule has 8 nitrogen and oxygen atoms in total. The number of carbonyl (C=O) groups excluding carboxylic acids is 2. The van der Waals surface area contributed by atoms with Crippen molar-refractivity contribution >= 4 is 39.3 Å². The molecule has 0 aliphatic carbocycles. The Labute approximate surface area is 198 Å². The van der Waals surface area contributed by atoms with E-state index in [-0.39, 0.29) is 46.0 Å². The van der Waals surface area contributed by atoms with Gasteiger partial charge in [-0.3, -0.25) is 4.79 Å². The van der Waals surface area contributed by atoms with Gasteiger partial charge in [-0.05, 0) is 64.1 Å². The summed E-state index contributed by atoms with van der Waals surface area (Å²) in [7, 11) is -4.12. The van der Waals surface area contributed by atoms with Crippen molar-refractivity contribution < 1.29 is 26.9 Å². The van der Waals surface area contributed by atoms with Crippen LogP contribution >= 0.6 is 11.6 Å². The third-order valence-electron chi connectivity index (χ3n) is 4.84. The number of halogens is 1. The normalized spacial score (nSPS) is 14.5. The van der Waals surface area contributed by atoms with Gasteiger partial charge in [0, 0.05) is 11.2 Å². The molecule has 1 amide bonds. The van der Waals surface area contributed by atoms with Crippen molar-refractivity contribution in [3.05, 3.63) is 64.8 Å². The maximum Gasteiger partial charge on any atom is 0.340 e. The van der Waals surface area contributed by atoms with Gasteiger partial charge in [-0.2, -0.15) is 8.42 Å². The molecule has 0 spiro atoms. The number of benzene rings is 2. The Bertz CT molecular complexity index is 1200. The van der Waals surface area contributed by atoms with E-state index in [2.05, 4.69) is 5.32 Å². The number of anilines is 1. The lowest BCUT2D eigenvalue weighted by atomic mass is 10.1. The predicted octanol–water partition coefficient (Wildman–Crippen LogP) is 3.98. The maximum atomic E-state index is 13.0. The smallest absolute Gasteiger partial charge is 0.340 e. The molecule has 0 bridgehead atoms. The number of carbonyl (C=O) groups is 2. The number of ether oxygens (including phenoxy) is 1. The van der Waals surface area contributed by atoms with Gasteiger partial charge in [-0.25, -0.2) is 4.79 Å². The van der Waals surface area contributed by atoms with Gasteiger partial charge in [0.15, 0.2) is 0 Å². The molecule has 0 unspecified atom stereocenters. The molecule has 1 heterocycles. The van der Waals surface area contributed by atoms with Gasteiger partial charge >= 0.3 is 16.1 Å². The number of rotatable bonds is 7. The van der Waals surface area contributed by atoms with Gasteiger partial charge in [-0.1, -0.05) is 23.7 Å². The Kier molecular flexibility index (Phi) is 7.04. The molecule has 0 saturated heterocycles. The van der Waals surface area contributed by atoms with E-state index < -0.39 is 21.6 Å². The highest BCUT2D eigenvalue weighted by molar-refractivity contribution is 7.87. The van der Waals surface area contributed by atoms with Crippen molar-refractivity contribution in [1.82, 2.24) is 4.90 Å². The van der Waals surface area contributed by atoms with Crippen LogP contribution < -0.4 is 9.50 Å². The molecule has 1 aliphatic rings. The van der Waals surface area contributed by atoms with Crippen LogP contribution in [0.3, 0.4) is 0 Å². The Hall–Kier alpha value is -3.04. The number of nitrogens with zero attached hydrogens (tertiary/aromatic N) is 1. The fourth-order valence-electron chi connectivity index (χ4n) is 3.19. The van der Waals surface area contributed by atoms with Crippen molar-refractivity contribution in [2.45, 2.75) is 38.1 Å². The van der Waals surface area contributed by atoms with Crippen molar-refractivity contribution in [3.8, 4) is 5.75 Å². The molecule has 1 N–H and O–H groups in total. The number of hydrogen-bond acceptors (Lipinski definition) is 7. The summed E-state index contributed by atoms with van der Waals surface area (Å²) < 4.78 is 35.3. The zero-order valence-electron chi connectivity index (χ0n) is 18.7. The lowest BCUT2D eigenvalue weighted by Gasteiger charge is -2.32. The lowest BCUT2D eigenvalue weighted by molar-refractivity contribution is -0.138. The molecule has 0 atom stereocenters. The molecular weight excluding hydrogens is 468 g/mol. The minimum Gasteiger partial charge on any atom is -0.463 e. The van der Waals surface area contributed by atoms with E-state index in [1.807, 2.05) is 20.8 Å². The molecule has 0 radical (unpaired) electrons. The number of esters is 1. The standard InChI is InChI=1S/C23H25ClN2O6S/c1-5-31-22(28)17-14-26(23(2,3)4)21(27)20(17)25-15-10-12-16(13-11-15)32-33(29,30)19-9-7-6-8-18(19)24/h6-13,25H,5,14H2,1-4H3. The summed E-state index contributed by atoms with van der Waals surface area (Å²) in [6, 6.07) is 11.9. The zero-order valence-corrected chi connectivity index (χ0v) is 20.3. The van der Waals surface area contributed by atoms with Crippen LogP contribution in [0.2, 0.25) is 5.02 Å². The first-order valence-corrected chi connectivity index (χ1v) is 12.0. The van der Waals surface area contributed by atoms with E-state index in [0.29, 0.717) is 5.69 Å². The highest BCUT2D eigenvalue weighted by Gasteiger charge is 2.40. The Morgan fingerprint density at radius 1 is 1.12 bits per heavy atom. The van der Waals surface area contributed by atoms with Crippen LogP contribution in [0.15, 0.2) is 64.7 Å². The first-order chi connectivity index (χ1) is 15.4. The largest absolute Gasteiger partial charge is 0.463 e. The Morgan fingerprint density at radius 2 is 1.76 bits per heavy atom. The van der Waals surface area contributed by atoms with Gasteiger partial charge < -0.3 is 19.1 Å². The fourth-order valence-corrected chi connectivity index (χ4v) is 4.61. The summed E-state index contributed by atoms with van der Waals surface area (Å²) in [6.07, 6.45) is 0. The summed E-state index contributed by atoms with van der Waals surface area (Å²) in [6.45, 7) is 7.64. The van der Waals surface area contributed by atoms with Gasteiger partial charge in [0.2, 0.25) is 0 Å². The maximum absolute atomic E-state index is 13.0. The van der Waals surface area contributed by atoms with Crippen molar-refractivity contribution in [3.63, 3.8) is 0 Å². The lowest BCUT2D eigenvalue weighted by Crippen LogP contribution is -2.44. The van der Waals surface area contributed by atoms with Gasteiger partial charge in [0.25, 0.3) is 5.91 Å². The number of amides is 1. The molecule has 3 rings (SSSR count). The topological polar surface area (TPSA) is 102 Å². The molecule has 0 saturated carbocycles. The predicted molar refractivity (Wildman–Crippen MR) is 124 cm³/mol. The average molecular weight is 493 g/mol. The Balaban J connectivity index is 1.83. The molecule has 176 valence electrons. The summed E-state index contributed by atoms with van der Waals surface area (Å²) in [5, 5.41) is 3.03. The third-order valence-corrected chi connectivity index (χ3v) is 6.59. The third kappa shape index (κ3) is 5.48. The summed E-state index contributed by atoms with van der Waals surface area (Å²) in [5.74, 6) is -0.827. The second-order valence-electron chi connectivity index (χ2n) is 8.25. The molecule has 2 aromatic rings. The highest BCUT2D eigenvalue weighted by atomic mass is 35.5. The van der Waals surface area contributed by atoms with Crippen LogP contribution in [-0.4, -0.2) is 43.9 Å². The van der Waals surface area contributed by atoms with Gasteiger partial charge in [-0.15, -0.1) is 0 Å². The second-order valence-corrected chi connectivity index (χ2v) is 10.2. The SMILES string of the molecule is CCOC(=O)C1=C(Nc2ccc(OS(=O)(=O)c3ccccc3Cl)cc2)C(=O)N(C(C)(C)C)C1. The summed E-state index contributed by atoms with van der Waals surface area (Å²) in [5.41, 5.74) is 0.334. The van der Waals surface area contributed by atoms with Crippen LogP contribution in [0.1, 0.15) is 27.7 Å². The van der Waals surface area contributed by atoms with Gasteiger partial charge in [0.1, 0.15) is 16.3 Å². The quantitative estimate of drug-likeness (QED) is 0.460. The minimum atomic E-state index is -4.12. The van der Waals surface area contributed by atoms with E-state index in [4.69, 9.17) is 20.5 Å². The molecular formula is C23H25ClN2O6S. The van der Waals surface area contributed by atoms with E-state index in [1.54, 1.807) is 36.1 Å². The molecule has 1 aliphatic heterocycles. The second kappa shape index (κ2) is 9.44. The zero-order chi connectivity index (χ0) is 24.4. The first kappa shape index (κ1) is 24.6. The molecule has 0 aromatic heterocycles. The average Bonchev–Trinajstić information content (AvgIpc) is 3.06. The Morgan fingerprint density at radius 3 is 2.33 bits per heavy atom. The van der Waals surface area contributed by atoms with Crippen LogP contribution in [0.25, 0.3) is 0 Å².